The van der Waals surface area contributed by atoms with Gasteiger partial charge in [0.1, 0.15) is 25.4 Å². The van der Waals surface area contributed by atoms with E-state index in [-0.39, 0.29) is 49.3 Å². The lowest BCUT2D eigenvalue weighted by Crippen LogP contribution is -2.54. The van der Waals surface area contributed by atoms with Gasteiger partial charge in [0.2, 0.25) is 0 Å². The largest absolute Gasteiger partial charge is 0.462 e. The lowest BCUT2D eigenvalue weighted by Gasteiger charge is -2.61. The van der Waals surface area contributed by atoms with Crippen LogP contribution in [0.4, 0.5) is 0 Å². The molecule has 72 heavy (non-hydrogen) atoms. The minimum absolute atomic E-state index is 0.00563. The number of aromatic nitrogens is 2. The Hall–Kier alpha value is -3.82. The van der Waals surface area contributed by atoms with Gasteiger partial charge in [-0.15, -0.1) is 0 Å². The topological polar surface area (TPSA) is 131 Å². The van der Waals surface area contributed by atoms with E-state index in [1.807, 2.05) is 0 Å². The van der Waals surface area contributed by atoms with Crippen molar-refractivity contribution < 1.29 is 38.1 Å². The summed E-state index contributed by atoms with van der Waals surface area (Å²) in [6, 6.07) is 7.16. The van der Waals surface area contributed by atoms with E-state index in [9.17, 15) is 19.2 Å². The molecule has 0 radical (unpaired) electrons. The minimum Gasteiger partial charge on any atom is -0.462 e. The Kier molecular flexibility index (Phi) is 15.1. The fraction of sp³-hybridized carbons (Fsp3) is 0.774. The van der Waals surface area contributed by atoms with E-state index in [4.69, 9.17) is 18.9 Å². The summed E-state index contributed by atoms with van der Waals surface area (Å²) in [6.45, 7) is 15.3. The first-order chi connectivity index (χ1) is 34.6. The molecule has 2 aromatic rings. The number of pyridine rings is 2. The Morgan fingerprint density at radius 3 is 1.33 bits per heavy atom. The highest BCUT2D eigenvalue weighted by atomic mass is 16.6. The van der Waals surface area contributed by atoms with Gasteiger partial charge >= 0.3 is 23.9 Å². The van der Waals surface area contributed by atoms with Gasteiger partial charge in [-0.25, -0.2) is 9.59 Å². The smallest absolute Gasteiger partial charge is 0.339 e. The molecule has 10 nitrogen and oxygen atoms in total. The molecule has 18 atom stereocenters. The molecule has 10 rings (SSSR count). The maximum absolute atomic E-state index is 13.0. The van der Waals surface area contributed by atoms with Crippen molar-refractivity contribution >= 4 is 23.9 Å². The number of fused-ring (bicyclic) bond motifs is 10. The molecule has 10 heteroatoms. The van der Waals surface area contributed by atoms with Crippen LogP contribution in [0.25, 0.3) is 0 Å². The van der Waals surface area contributed by atoms with Crippen LogP contribution in [-0.4, -0.2) is 59.3 Å². The molecule has 0 saturated heterocycles. The van der Waals surface area contributed by atoms with Crippen molar-refractivity contribution in [3.05, 3.63) is 60.2 Å². The molecule has 394 valence electrons. The number of hydrogen-bond acceptors (Lipinski definition) is 10. The quantitative estimate of drug-likeness (QED) is 0.0965. The van der Waals surface area contributed by atoms with Gasteiger partial charge in [-0.05, 0) is 245 Å². The van der Waals surface area contributed by atoms with E-state index in [0.717, 1.165) is 86.9 Å². The zero-order valence-corrected chi connectivity index (χ0v) is 44.8. The average molecular weight is 989 g/mol. The average Bonchev–Trinajstić information content (AvgIpc) is 3.94. The van der Waals surface area contributed by atoms with E-state index < -0.39 is 0 Å². The van der Waals surface area contributed by atoms with Crippen LogP contribution in [-0.2, 0) is 28.5 Å². The summed E-state index contributed by atoms with van der Waals surface area (Å²) in [6.07, 6.45) is 30.4. The van der Waals surface area contributed by atoms with Gasteiger partial charge in [0.15, 0.2) is 0 Å². The zero-order chi connectivity index (χ0) is 50.4. The second-order valence-corrected chi connectivity index (χ2v) is 26.3. The Labute approximate surface area is 431 Å². The van der Waals surface area contributed by atoms with Crippen molar-refractivity contribution in [2.75, 3.05) is 13.2 Å². The van der Waals surface area contributed by atoms with E-state index in [0.29, 0.717) is 81.1 Å². The summed E-state index contributed by atoms with van der Waals surface area (Å²) in [5.74, 6) is 6.99. The van der Waals surface area contributed by atoms with Crippen molar-refractivity contribution in [2.45, 2.75) is 195 Å². The van der Waals surface area contributed by atoms with Crippen molar-refractivity contribution in [3.8, 4) is 0 Å². The predicted octanol–water partition coefficient (Wildman–Crippen LogP) is 13.5. The summed E-state index contributed by atoms with van der Waals surface area (Å²) in [7, 11) is 0. The minimum atomic E-state index is -0.242. The first-order valence-electron chi connectivity index (χ1n) is 29.1. The first-order valence-corrected chi connectivity index (χ1v) is 29.1. The predicted molar refractivity (Wildman–Crippen MR) is 276 cm³/mol. The highest BCUT2D eigenvalue weighted by Gasteiger charge is 2.62. The van der Waals surface area contributed by atoms with Crippen LogP contribution in [0.2, 0.25) is 0 Å². The summed E-state index contributed by atoms with van der Waals surface area (Å²) in [5.41, 5.74) is 2.32. The molecule has 8 fully saturated rings. The lowest BCUT2D eigenvalue weighted by atomic mass is 9.44. The van der Waals surface area contributed by atoms with E-state index in [2.05, 4.69) is 51.5 Å². The fourth-order valence-electron chi connectivity index (χ4n) is 19.6. The molecular weight excluding hydrogens is 901 g/mol. The molecular formula is C62H88N2O8. The number of ether oxygens (including phenoxy) is 4. The van der Waals surface area contributed by atoms with Gasteiger partial charge in [-0.2, -0.15) is 0 Å². The molecule has 8 aliphatic carbocycles. The van der Waals surface area contributed by atoms with Gasteiger partial charge in [-0.1, -0.05) is 41.5 Å². The SMILES string of the molecule is C[C@H](CCC(=O)OCCOC(=O)CC[C@@H](C)[C@H]1CC[C@H]2[C@@H]3CC[C@@H]4C[C@H](OC(=O)c5cccnc5)CC[C@]4(C)[C@H]3CC[C@]12C)[C@H]1CC[C@H]2[C@@H]3CC[C@@H]4C[C@H](OC(=O)c5cccnc5)CC[C@]4(C)[C@H]3CC[C@]12C. The summed E-state index contributed by atoms with van der Waals surface area (Å²) < 4.78 is 23.4. The summed E-state index contributed by atoms with van der Waals surface area (Å²) in [5, 5.41) is 0. The van der Waals surface area contributed by atoms with E-state index in [1.54, 1.807) is 49.1 Å². The number of carbonyl (C=O) groups is 4. The van der Waals surface area contributed by atoms with Crippen molar-refractivity contribution in [1.82, 2.24) is 9.97 Å². The normalized spacial score (nSPS) is 40.6. The Bertz CT molecular complexity index is 2080. The van der Waals surface area contributed by atoms with E-state index in [1.165, 1.54) is 77.0 Å². The molecule has 0 bridgehead atoms. The van der Waals surface area contributed by atoms with Crippen LogP contribution in [0.15, 0.2) is 49.1 Å². The number of nitrogens with zero attached hydrogens (tertiary/aromatic N) is 2. The van der Waals surface area contributed by atoms with Gasteiger partial charge < -0.3 is 18.9 Å². The Morgan fingerprint density at radius 1 is 0.528 bits per heavy atom. The number of hydrogen-bond donors (Lipinski definition) is 0. The van der Waals surface area contributed by atoms with Gasteiger partial charge in [-0.3, -0.25) is 19.6 Å². The second kappa shape index (κ2) is 21.1. The Balaban J connectivity index is 0.618. The second-order valence-electron chi connectivity index (χ2n) is 26.3. The van der Waals surface area contributed by atoms with Crippen molar-refractivity contribution in [1.29, 1.82) is 0 Å². The van der Waals surface area contributed by atoms with E-state index >= 15 is 0 Å². The number of rotatable bonds is 15. The third-order valence-corrected chi connectivity index (χ3v) is 23.3. The van der Waals surface area contributed by atoms with Gasteiger partial charge in [0.05, 0.1) is 11.1 Å². The molecule has 2 heterocycles. The number of esters is 4. The summed E-state index contributed by atoms with van der Waals surface area (Å²) in [4.78, 5) is 60.1. The molecule has 8 saturated carbocycles. The maximum Gasteiger partial charge on any atom is 0.339 e. The highest BCUT2D eigenvalue weighted by Crippen LogP contribution is 2.70. The summed E-state index contributed by atoms with van der Waals surface area (Å²) >= 11 is 0. The van der Waals surface area contributed by atoms with Crippen LogP contribution in [0.1, 0.15) is 204 Å². The van der Waals surface area contributed by atoms with Gasteiger partial charge in [0.25, 0.3) is 0 Å². The van der Waals surface area contributed by atoms with Crippen molar-refractivity contribution in [2.24, 2.45) is 92.7 Å². The van der Waals surface area contributed by atoms with Gasteiger partial charge in [0, 0.05) is 37.6 Å². The number of carbonyl (C=O) groups excluding carboxylic acids is 4. The van der Waals surface area contributed by atoms with Crippen LogP contribution < -0.4 is 0 Å². The molecule has 0 spiro atoms. The highest BCUT2D eigenvalue weighted by molar-refractivity contribution is 5.89. The standard InChI is InChI=1S/C62H88N2O8/c1-39(49-17-19-51-47-15-13-43-35-45(71-57(67)41-9-7-31-63-37-41)23-27-59(43,3)53(47)25-29-61(49,51)5)11-21-55(65)69-33-34-70-56(66)22-12-40(2)50-18-20-52-48-16-14-44-36-46(72-58(68)42-10-8-32-64-38-42)24-28-60(44,4)54(48)26-30-62(50,52)6/h7-10,31-32,37-40,43-54H,11-30,33-36H2,1-6H3/t39-,40-,43-,44-,45-,46-,47+,48+,49-,50-,51+,52+,53+,54+,59+,60+,61-,62-/m1/s1. The molecule has 0 aromatic carbocycles. The molecule has 0 unspecified atom stereocenters. The van der Waals surface area contributed by atoms with Crippen LogP contribution in [0, 0.1) is 92.7 Å². The molecule has 0 aliphatic heterocycles. The lowest BCUT2D eigenvalue weighted by molar-refractivity contribution is -0.153. The van der Waals surface area contributed by atoms with Crippen molar-refractivity contribution in [3.63, 3.8) is 0 Å². The monoisotopic (exact) mass is 989 g/mol. The third-order valence-electron chi connectivity index (χ3n) is 23.3. The van der Waals surface area contributed by atoms with Crippen LogP contribution in [0.3, 0.4) is 0 Å². The Morgan fingerprint density at radius 2 is 0.931 bits per heavy atom. The third kappa shape index (κ3) is 9.82. The fourth-order valence-corrected chi connectivity index (χ4v) is 19.6. The molecule has 8 aliphatic rings. The zero-order valence-electron chi connectivity index (χ0n) is 44.8. The molecule has 0 amide bonds. The van der Waals surface area contributed by atoms with Crippen LogP contribution in [0.5, 0.6) is 0 Å². The first kappa shape index (κ1) is 51.7. The molecule has 0 N–H and O–H groups in total. The van der Waals surface area contributed by atoms with Crippen LogP contribution >= 0.6 is 0 Å². The molecule has 2 aromatic heterocycles. The maximum atomic E-state index is 13.0.